The second-order valence-corrected chi connectivity index (χ2v) is 4.87. The van der Waals surface area contributed by atoms with Crippen molar-refractivity contribution in [3.8, 4) is 11.3 Å². The maximum absolute atomic E-state index is 13.2. The lowest BCUT2D eigenvalue weighted by Crippen LogP contribution is -1.99. The number of anilines is 2. The highest BCUT2D eigenvalue weighted by molar-refractivity contribution is 6.32. The van der Waals surface area contributed by atoms with Crippen LogP contribution < -0.4 is 5.32 Å². The van der Waals surface area contributed by atoms with E-state index in [4.69, 9.17) is 11.6 Å². The lowest BCUT2D eigenvalue weighted by Gasteiger charge is -2.08. The summed E-state index contributed by atoms with van der Waals surface area (Å²) in [5.74, 6) is -3.85. The SMILES string of the molecule is Fc1cc(Nc2cc(-c3cccnc3Cl)ncn2)cc(F)c1F. The van der Waals surface area contributed by atoms with Gasteiger partial charge in [-0.05, 0) is 12.1 Å². The van der Waals surface area contributed by atoms with Crippen LogP contribution in [0.15, 0.2) is 42.9 Å². The zero-order chi connectivity index (χ0) is 16.4. The molecule has 0 spiro atoms. The third-order valence-electron chi connectivity index (χ3n) is 2.96. The summed E-state index contributed by atoms with van der Waals surface area (Å²) in [7, 11) is 0. The second kappa shape index (κ2) is 6.21. The topological polar surface area (TPSA) is 50.7 Å². The predicted molar refractivity (Wildman–Crippen MR) is 79.9 cm³/mol. The molecule has 0 radical (unpaired) electrons. The van der Waals surface area contributed by atoms with Crippen molar-refractivity contribution < 1.29 is 13.2 Å². The van der Waals surface area contributed by atoms with E-state index < -0.39 is 17.5 Å². The van der Waals surface area contributed by atoms with Gasteiger partial charge in [0.2, 0.25) is 0 Å². The van der Waals surface area contributed by atoms with Crippen LogP contribution >= 0.6 is 11.6 Å². The van der Waals surface area contributed by atoms with Gasteiger partial charge in [-0.3, -0.25) is 0 Å². The number of aromatic nitrogens is 3. The number of hydrogen-bond acceptors (Lipinski definition) is 4. The zero-order valence-electron chi connectivity index (χ0n) is 11.4. The van der Waals surface area contributed by atoms with E-state index >= 15 is 0 Å². The van der Waals surface area contributed by atoms with Crippen molar-refractivity contribution in [3.63, 3.8) is 0 Å². The number of benzene rings is 1. The molecule has 0 atom stereocenters. The quantitative estimate of drug-likeness (QED) is 0.570. The number of hydrogen-bond donors (Lipinski definition) is 1. The molecule has 8 heteroatoms. The smallest absolute Gasteiger partial charge is 0.194 e. The molecule has 2 heterocycles. The van der Waals surface area contributed by atoms with Crippen molar-refractivity contribution in [2.75, 3.05) is 5.32 Å². The van der Waals surface area contributed by atoms with Gasteiger partial charge in [-0.15, -0.1) is 0 Å². The van der Waals surface area contributed by atoms with Crippen molar-refractivity contribution in [3.05, 3.63) is 65.5 Å². The van der Waals surface area contributed by atoms with Crippen LogP contribution in [0.3, 0.4) is 0 Å². The molecule has 1 aromatic carbocycles. The van der Waals surface area contributed by atoms with Crippen molar-refractivity contribution in [2.45, 2.75) is 0 Å². The fraction of sp³-hybridized carbons (Fsp3) is 0. The largest absolute Gasteiger partial charge is 0.340 e. The summed E-state index contributed by atoms with van der Waals surface area (Å²) in [4.78, 5) is 12.0. The summed E-state index contributed by atoms with van der Waals surface area (Å²) in [6.45, 7) is 0. The second-order valence-electron chi connectivity index (χ2n) is 4.51. The molecule has 0 amide bonds. The van der Waals surface area contributed by atoms with Gasteiger partial charge >= 0.3 is 0 Å². The fourth-order valence-corrected chi connectivity index (χ4v) is 2.14. The van der Waals surface area contributed by atoms with E-state index in [2.05, 4.69) is 20.3 Å². The molecule has 0 fully saturated rings. The Morgan fingerprint density at radius 3 is 2.39 bits per heavy atom. The molecule has 0 unspecified atom stereocenters. The fourth-order valence-electron chi connectivity index (χ4n) is 1.93. The van der Waals surface area contributed by atoms with Crippen LogP contribution in [0.2, 0.25) is 5.15 Å². The van der Waals surface area contributed by atoms with Crippen molar-refractivity contribution >= 4 is 23.1 Å². The number of nitrogens with one attached hydrogen (secondary N) is 1. The van der Waals surface area contributed by atoms with Gasteiger partial charge in [-0.1, -0.05) is 11.6 Å². The number of pyridine rings is 1. The molecule has 0 saturated carbocycles. The summed E-state index contributed by atoms with van der Waals surface area (Å²) >= 11 is 6.00. The first-order valence-corrected chi connectivity index (χ1v) is 6.77. The maximum Gasteiger partial charge on any atom is 0.194 e. The third-order valence-corrected chi connectivity index (χ3v) is 3.26. The molecule has 0 aliphatic rings. The van der Waals surface area contributed by atoms with Gasteiger partial charge < -0.3 is 5.32 Å². The molecular weight excluding hydrogens is 329 g/mol. The van der Waals surface area contributed by atoms with Crippen molar-refractivity contribution in [1.82, 2.24) is 15.0 Å². The lowest BCUT2D eigenvalue weighted by atomic mass is 10.2. The first kappa shape index (κ1) is 15.2. The van der Waals surface area contributed by atoms with E-state index in [1.807, 2.05) is 0 Å². The van der Waals surface area contributed by atoms with Crippen LogP contribution in [0.1, 0.15) is 0 Å². The Labute approximate surface area is 134 Å². The van der Waals surface area contributed by atoms with Crippen LogP contribution in [0, 0.1) is 17.5 Å². The first-order valence-electron chi connectivity index (χ1n) is 6.39. The molecule has 3 aromatic rings. The summed E-state index contributed by atoms with van der Waals surface area (Å²) in [5.41, 5.74) is 1.07. The number of halogens is 4. The van der Waals surface area contributed by atoms with Crippen LogP contribution in [-0.2, 0) is 0 Å². The first-order chi connectivity index (χ1) is 11.0. The minimum Gasteiger partial charge on any atom is -0.340 e. The van der Waals surface area contributed by atoms with Gasteiger partial charge in [-0.25, -0.2) is 28.1 Å². The molecule has 0 aliphatic carbocycles. The Morgan fingerprint density at radius 2 is 1.70 bits per heavy atom. The highest BCUT2D eigenvalue weighted by Gasteiger charge is 2.12. The van der Waals surface area contributed by atoms with E-state index in [-0.39, 0.29) is 16.7 Å². The van der Waals surface area contributed by atoms with Crippen molar-refractivity contribution in [2.24, 2.45) is 0 Å². The van der Waals surface area contributed by atoms with Gasteiger partial charge in [0.1, 0.15) is 17.3 Å². The van der Waals surface area contributed by atoms with Crippen molar-refractivity contribution in [1.29, 1.82) is 0 Å². The standard InChI is InChI=1S/C15H8ClF3N4/c16-15-9(2-1-3-20-15)12-6-13(22-7-21-12)23-8-4-10(17)14(19)11(18)5-8/h1-7H,(H,21,22,23). The molecule has 4 nitrogen and oxygen atoms in total. The highest BCUT2D eigenvalue weighted by Crippen LogP contribution is 2.26. The Bertz CT molecular complexity index is 850. The Hall–Kier alpha value is -2.67. The van der Waals surface area contributed by atoms with E-state index in [0.717, 1.165) is 12.1 Å². The van der Waals surface area contributed by atoms with Gasteiger partial charge in [0, 0.05) is 35.6 Å². The Morgan fingerprint density at radius 1 is 0.957 bits per heavy atom. The Kier molecular flexibility index (Phi) is 4.12. The van der Waals surface area contributed by atoms with Crippen LogP contribution in [0.4, 0.5) is 24.7 Å². The average Bonchev–Trinajstić information content (AvgIpc) is 2.53. The number of nitrogens with zero attached hydrogens (tertiary/aromatic N) is 3. The third kappa shape index (κ3) is 3.24. The highest BCUT2D eigenvalue weighted by atomic mass is 35.5. The molecule has 0 bridgehead atoms. The molecule has 0 saturated heterocycles. The summed E-state index contributed by atoms with van der Waals surface area (Å²) in [6, 6.07) is 6.61. The van der Waals surface area contributed by atoms with E-state index in [9.17, 15) is 13.2 Å². The molecule has 2 aromatic heterocycles. The lowest BCUT2D eigenvalue weighted by molar-refractivity contribution is 0.448. The minimum atomic E-state index is -1.53. The van der Waals surface area contributed by atoms with Crippen LogP contribution in [0.5, 0.6) is 0 Å². The summed E-state index contributed by atoms with van der Waals surface area (Å²) in [6.07, 6.45) is 2.80. The van der Waals surface area contributed by atoms with Gasteiger partial charge in [0.25, 0.3) is 0 Å². The Balaban J connectivity index is 1.94. The minimum absolute atomic E-state index is 0.0170. The molecule has 23 heavy (non-hydrogen) atoms. The van der Waals surface area contributed by atoms with Gasteiger partial charge in [0.15, 0.2) is 17.5 Å². The van der Waals surface area contributed by atoms with Crippen LogP contribution in [0.25, 0.3) is 11.3 Å². The molecule has 3 rings (SSSR count). The maximum atomic E-state index is 13.2. The van der Waals surface area contributed by atoms with E-state index in [0.29, 0.717) is 11.3 Å². The van der Waals surface area contributed by atoms with E-state index in [1.54, 1.807) is 12.1 Å². The zero-order valence-corrected chi connectivity index (χ0v) is 12.2. The molecular formula is C15H8ClF3N4. The molecule has 116 valence electrons. The monoisotopic (exact) mass is 336 g/mol. The van der Waals surface area contributed by atoms with Crippen LogP contribution in [-0.4, -0.2) is 15.0 Å². The summed E-state index contributed by atoms with van der Waals surface area (Å²) < 4.78 is 39.4. The normalized spacial score (nSPS) is 10.6. The van der Waals surface area contributed by atoms with Gasteiger partial charge in [-0.2, -0.15) is 0 Å². The van der Waals surface area contributed by atoms with Gasteiger partial charge in [0.05, 0.1) is 5.69 Å². The predicted octanol–water partition coefficient (Wildman–Crippen LogP) is 4.35. The number of rotatable bonds is 3. The molecule has 1 N–H and O–H groups in total. The summed E-state index contributed by atoms with van der Waals surface area (Å²) in [5, 5.41) is 2.94. The van der Waals surface area contributed by atoms with E-state index in [1.165, 1.54) is 18.6 Å². The molecule has 0 aliphatic heterocycles. The average molecular weight is 337 g/mol.